The van der Waals surface area contributed by atoms with Crippen molar-refractivity contribution in [2.24, 2.45) is 0 Å². The molecule has 4 rings (SSSR count). The van der Waals surface area contributed by atoms with Crippen molar-refractivity contribution in [2.75, 3.05) is 13.3 Å². The molecule has 0 spiro atoms. The van der Waals surface area contributed by atoms with Gasteiger partial charge in [-0.25, -0.2) is 13.1 Å². The minimum absolute atomic E-state index is 0.0933. The second-order valence-electron chi connectivity index (χ2n) is 5.15. The van der Waals surface area contributed by atoms with Crippen LogP contribution in [0.2, 0.25) is 0 Å². The van der Waals surface area contributed by atoms with Gasteiger partial charge in [-0.15, -0.1) is 11.3 Å². The molecule has 1 N–H and O–H groups in total. The van der Waals surface area contributed by atoms with Crippen LogP contribution in [-0.2, 0) is 16.4 Å². The molecule has 0 atom stereocenters. The van der Waals surface area contributed by atoms with E-state index < -0.39 is 10.0 Å². The fourth-order valence-corrected chi connectivity index (χ4v) is 3.98. The van der Waals surface area contributed by atoms with E-state index in [0.29, 0.717) is 29.6 Å². The summed E-state index contributed by atoms with van der Waals surface area (Å²) < 4.78 is 42.7. The van der Waals surface area contributed by atoms with Gasteiger partial charge in [-0.1, -0.05) is 11.2 Å². The van der Waals surface area contributed by atoms with Gasteiger partial charge >= 0.3 is 0 Å². The maximum Gasteiger partial charge on any atom is 0.240 e. The number of thiophene rings is 1. The van der Waals surface area contributed by atoms with Crippen LogP contribution in [0.1, 0.15) is 5.89 Å². The number of nitrogens with zero attached hydrogens (tertiary/aromatic N) is 2. The Morgan fingerprint density at radius 3 is 2.92 bits per heavy atom. The zero-order chi connectivity index (χ0) is 17.3. The summed E-state index contributed by atoms with van der Waals surface area (Å²) >= 11 is 1.51. The molecule has 0 saturated carbocycles. The maximum atomic E-state index is 12.3. The first-order valence-electron chi connectivity index (χ1n) is 7.38. The summed E-state index contributed by atoms with van der Waals surface area (Å²) in [5, 5.41) is 5.81. The SMILES string of the molecule is O=S(=O)(NCCc1nc(-c2cccs2)no1)c1ccc2c(c1)OCO2. The van der Waals surface area contributed by atoms with Gasteiger partial charge in [-0.05, 0) is 23.6 Å². The summed E-state index contributed by atoms with van der Waals surface area (Å²) in [7, 11) is -3.66. The third-order valence-electron chi connectivity index (χ3n) is 3.49. The molecule has 2 aromatic heterocycles. The molecule has 0 unspecified atom stereocenters. The molecular formula is C15H13N3O5S2. The Kier molecular flexibility index (Phi) is 4.15. The Bertz CT molecular complexity index is 983. The van der Waals surface area contributed by atoms with E-state index >= 15 is 0 Å². The summed E-state index contributed by atoms with van der Waals surface area (Å²) in [6.07, 6.45) is 0.294. The zero-order valence-electron chi connectivity index (χ0n) is 12.8. The van der Waals surface area contributed by atoms with Gasteiger partial charge in [0.25, 0.3) is 0 Å². The predicted octanol–water partition coefficient (Wildman–Crippen LogP) is 2.05. The standard InChI is InChI=1S/C15H13N3O5S2/c19-25(20,10-3-4-11-12(8-10)22-9-21-11)16-6-5-14-17-15(18-23-14)13-2-1-7-24-13/h1-4,7-8,16H,5-6,9H2. The fourth-order valence-electron chi connectivity index (χ4n) is 2.28. The number of ether oxygens (including phenoxy) is 2. The van der Waals surface area contributed by atoms with Crippen LogP contribution < -0.4 is 14.2 Å². The van der Waals surface area contributed by atoms with Gasteiger partial charge in [0.1, 0.15) is 0 Å². The molecule has 1 aromatic carbocycles. The summed E-state index contributed by atoms with van der Waals surface area (Å²) in [6.45, 7) is 0.235. The van der Waals surface area contributed by atoms with Crippen molar-refractivity contribution in [3.63, 3.8) is 0 Å². The summed E-state index contributed by atoms with van der Waals surface area (Å²) in [6, 6.07) is 8.27. The lowest BCUT2D eigenvalue weighted by Crippen LogP contribution is -2.26. The molecule has 0 bridgehead atoms. The quantitative estimate of drug-likeness (QED) is 0.699. The van der Waals surface area contributed by atoms with Gasteiger partial charge in [0, 0.05) is 19.0 Å². The summed E-state index contributed by atoms with van der Waals surface area (Å²) in [4.78, 5) is 5.27. The maximum absolute atomic E-state index is 12.3. The minimum atomic E-state index is -3.66. The van der Waals surface area contributed by atoms with E-state index in [1.165, 1.54) is 23.5 Å². The molecular weight excluding hydrogens is 366 g/mol. The van der Waals surface area contributed by atoms with E-state index in [4.69, 9.17) is 14.0 Å². The smallest absolute Gasteiger partial charge is 0.240 e. The Morgan fingerprint density at radius 2 is 2.08 bits per heavy atom. The Labute approximate surface area is 147 Å². The van der Waals surface area contributed by atoms with Gasteiger partial charge in [0.2, 0.25) is 28.5 Å². The van der Waals surface area contributed by atoms with Crippen LogP contribution >= 0.6 is 11.3 Å². The minimum Gasteiger partial charge on any atom is -0.454 e. The van der Waals surface area contributed by atoms with Crippen molar-refractivity contribution in [2.45, 2.75) is 11.3 Å². The molecule has 8 nitrogen and oxygen atoms in total. The number of fused-ring (bicyclic) bond motifs is 1. The largest absolute Gasteiger partial charge is 0.454 e. The van der Waals surface area contributed by atoms with Crippen LogP contribution in [0.4, 0.5) is 0 Å². The molecule has 0 saturated heterocycles. The summed E-state index contributed by atoms with van der Waals surface area (Å²) in [5.74, 6) is 1.83. The van der Waals surface area contributed by atoms with Crippen molar-refractivity contribution >= 4 is 21.4 Å². The third kappa shape index (κ3) is 3.36. The first-order chi connectivity index (χ1) is 12.1. The Morgan fingerprint density at radius 1 is 1.20 bits per heavy atom. The second-order valence-corrected chi connectivity index (χ2v) is 7.87. The molecule has 1 aliphatic rings. The average Bonchev–Trinajstić information content (AvgIpc) is 3.34. The zero-order valence-corrected chi connectivity index (χ0v) is 14.5. The van der Waals surface area contributed by atoms with E-state index in [-0.39, 0.29) is 18.2 Å². The van der Waals surface area contributed by atoms with Gasteiger partial charge in [0.15, 0.2) is 11.5 Å². The number of sulfonamides is 1. The first kappa shape index (κ1) is 16.1. The van der Waals surface area contributed by atoms with Crippen LogP contribution in [0, 0.1) is 0 Å². The van der Waals surface area contributed by atoms with Crippen LogP contribution in [0.3, 0.4) is 0 Å². The summed E-state index contributed by atoms with van der Waals surface area (Å²) in [5.41, 5.74) is 0. The molecule has 0 fully saturated rings. The molecule has 10 heteroatoms. The fraction of sp³-hybridized carbons (Fsp3) is 0.200. The van der Waals surface area contributed by atoms with Crippen molar-refractivity contribution in [3.8, 4) is 22.2 Å². The third-order valence-corrected chi connectivity index (χ3v) is 5.82. The predicted molar refractivity (Wildman–Crippen MR) is 89.1 cm³/mol. The van der Waals surface area contributed by atoms with Crippen molar-refractivity contribution in [3.05, 3.63) is 41.6 Å². The highest BCUT2D eigenvalue weighted by Gasteiger charge is 2.20. The van der Waals surface area contributed by atoms with Crippen molar-refractivity contribution in [1.82, 2.24) is 14.9 Å². The van der Waals surface area contributed by atoms with Crippen LogP contribution in [-0.4, -0.2) is 31.9 Å². The highest BCUT2D eigenvalue weighted by atomic mass is 32.2. The first-order valence-corrected chi connectivity index (χ1v) is 9.74. The van der Waals surface area contributed by atoms with Crippen LogP contribution in [0.25, 0.3) is 10.7 Å². The van der Waals surface area contributed by atoms with Gasteiger partial charge in [0.05, 0.1) is 9.77 Å². The average molecular weight is 379 g/mol. The van der Waals surface area contributed by atoms with E-state index in [0.717, 1.165) is 4.88 Å². The van der Waals surface area contributed by atoms with E-state index in [1.807, 2.05) is 17.5 Å². The van der Waals surface area contributed by atoms with Gasteiger partial charge in [-0.2, -0.15) is 4.98 Å². The molecule has 3 heterocycles. The molecule has 0 radical (unpaired) electrons. The number of aromatic nitrogens is 2. The van der Waals surface area contributed by atoms with Crippen molar-refractivity contribution in [1.29, 1.82) is 0 Å². The second kappa shape index (κ2) is 6.47. The Balaban J connectivity index is 1.39. The van der Waals surface area contributed by atoms with E-state index in [9.17, 15) is 8.42 Å². The number of hydrogen-bond donors (Lipinski definition) is 1. The molecule has 0 amide bonds. The lowest BCUT2D eigenvalue weighted by Gasteiger charge is -2.06. The highest BCUT2D eigenvalue weighted by Crippen LogP contribution is 2.33. The molecule has 3 aromatic rings. The van der Waals surface area contributed by atoms with Crippen molar-refractivity contribution < 1.29 is 22.4 Å². The Hall–Kier alpha value is -2.43. The molecule has 130 valence electrons. The van der Waals surface area contributed by atoms with Crippen LogP contribution in [0.5, 0.6) is 11.5 Å². The normalized spacial score (nSPS) is 13.3. The topological polar surface area (TPSA) is 104 Å². The van der Waals surface area contributed by atoms with E-state index in [1.54, 1.807) is 6.07 Å². The van der Waals surface area contributed by atoms with Gasteiger partial charge < -0.3 is 14.0 Å². The number of rotatable bonds is 6. The molecule has 1 aliphatic heterocycles. The lowest BCUT2D eigenvalue weighted by molar-refractivity contribution is 0.174. The molecule has 25 heavy (non-hydrogen) atoms. The number of nitrogens with one attached hydrogen (secondary N) is 1. The highest BCUT2D eigenvalue weighted by molar-refractivity contribution is 7.89. The monoisotopic (exact) mass is 379 g/mol. The van der Waals surface area contributed by atoms with E-state index in [2.05, 4.69) is 14.9 Å². The number of hydrogen-bond acceptors (Lipinski definition) is 8. The van der Waals surface area contributed by atoms with Crippen LogP contribution in [0.15, 0.2) is 45.1 Å². The lowest BCUT2D eigenvalue weighted by atomic mass is 10.3. The molecule has 0 aliphatic carbocycles. The number of benzene rings is 1. The van der Waals surface area contributed by atoms with Gasteiger partial charge in [-0.3, -0.25) is 0 Å².